The number of nitrogens with zero attached hydrogens (tertiary/aromatic N) is 4. The van der Waals surface area contributed by atoms with Crippen molar-refractivity contribution in [3.8, 4) is 17.0 Å². The molecule has 0 saturated heterocycles. The number of anilines is 1. The molecular formula is C24H26FN5O. The van der Waals surface area contributed by atoms with Gasteiger partial charge in [0.1, 0.15) is 24.0 Å². The molecule has 0 bridgehead atoms. The van der Waals surface area contributed by atoms with Gasteiger partial charge in [0.05, 0.1) is 17.9 Å². The number of aromatic nitrogens is 3. The zero-order valence-electron chi connectivity index (χ0n) is 17.9. The average molecular weight is 420 g/mol. The summed E-state index contributed by atoms with van der Waals surface area (Å²) in [6.07, 6.45) is 1.81. The number of imidazole rings is 1. The SMILES string of the molecule is C[C@@H](Nc1ccc2ncc(-c3ccc(OCCN(C)C)cc3)n2n1)c1cccc(F)c1. The molecule has 0 saturated carbocycles. The van der Waals surface area contributed by atoms with Crippen LogP contribution in [0.3, 0.4) is 0 Å². The Bertz CT molecular complexity index is 1160. The maximum atomic E-state index is 13.5. The van der Waals surface area contributed by atoms with Crippen molar-refractivity contribution in [2.75, 3.05) is 32.6 Å². The van der Waals surface area contributed by atoms with Gasteiger partial charge in [-0.2, -0.15) is 0 Å². The molecule has 0 radical (unpaired) electrons. The van der Waals surface area contributed by atoms with Crippen molar-refractivity contribution in [3.05, 3.63) is 78.2 Å². The minimum absolute atomic E-state index is 0.0915. The van der Waals surface area contributed by atoms with Crippen LogP contribution in [0.2, 0.25) is 0 Å². The second-order valence-electron chi connectivity index (χ2n) is 7.73. The Morgan fingerprint density at radius 1 is 1.10 bits per heavy atom. The van der Waals surface area contributed by atoms with E-state index < -0.39 is 0 Å². The molecule has 7 heteroatoms. The molecule has 0 aliphatic rings. The lowest BCUT2D eigenvalue weighted by Crippen LogP contribution is -2.19. The highest BCUT2D eigenvalue weighted by atomic mass is 19.1. The fourth-order valence-corrected chi connectivity index (χ4v) is 3.30. The number of nitrogens with one attached hydrogen (secondary N) is 1. The Kier molecular flexibility index (Phi) is 6.13. The molecular weight excluding hydrogens is 393 g/mol. The molecule has 0 amide bonds. The van der Waals surface area contributed by atoms with Crippen LogP contribution < -0.4 is 10.1 Å². The average Bonchev–Trinajstić information content (AvgIpc) is 3.17. The monoisotopic (exact) mass is 419 g/mol. The second-order valence-corrected chi connectivity index (χ2v) is 7.73. The Morgan fingerprint density at radius 2 is 1.90 bits per heavy atom. The number of rotatable bonds is 8. The highest BCUT2D eigenvalue weighted by Gasteiger charge is 2.11. The van der Waals surface area contributed by atoms with Gasteiger partial charge >= 0.3 is 0 Å². The van der Waals surface area contributed by atoms with Gasteiger partial charge in [-0.05, 0) is 75.1 Å². The molecule has 0 fully saturated rings. The van der Waals surface area contributed by atoms with Gasteiger partial charge < -0.3 is 15.0 Å². The molecule has 0 aliphatic heterocycles. The quantitative estimate of drug-likeness (QED) is 0.451. The first-order chi connectivity index (χ1) is 15.0. The molecule has 0 aliphatic carbocycles. The number of fused-ring (bicyclic) bond motifs is 1. The number of hydrogen-bond donors (Lipinski definition) is 1. The van der Waals surface area contributed by atoms with Crippen molar-refractivity contribution < 1.29 is 9.13 Å². The largest absolute Gasteiger partial charge is 0.492 e. The van der Waals surface area contributed by atoms with Gasteiger partial charge in [0, 0.05) is 12.1 Å². The predicted octanol–water partition coefficient (Wildman–Crippen LogP) is 4.65. The first-order valence-electron chi connectivity index (χ1n) is 10.2. The maximum absolute atomic E-state index is 13.5. The van der Waals surface area contributed by atoms with E-state index in [9.17, 15) is 4.39 Å². The summed E-state index contributed by atoms with van der Waals surface area (Å²) in [6, 6.07) is 18.2. The predicted molar refractivity (Wildman–Crippen MR) is 121 cm³/mol. The van der Waals surface area contributed by atoms with Gasteiger partial charge in [0.25, 0.3) is 0 Å². The van der Waals surface area contributed by atoms with Gasteiger partial charge in [0.2, 0.25) is 0 Å². The van der Waals surface area contributed by atoms with Crippen molar-refractivity contribution in [2.24, 2.45) is 0 Å². The minimum Gasteiger partial charge on any atom is -0.492 e. The molecule has 6 nitrogen and oxygen atoms in total. The van der Waals surface area contributed by atoms with Crippen molar-refractivity contribution in [2.45, 2.75) is 13.0 Å². The van der Waals surface area contributed by atoms with Crippen LogP contribution in [-0.2, 0) is 0 Å². The van der Waals surface area contributed by atoms with Crippen LogP contribution in [0.5, 0.6) is 5.75 Å². The second kappa shape index (κ2) is 9.14. The van der Waals surface area contributed by atoms with Crippen LogP contribution >= 0.6 is 0 Å². The zero-order chi connectivity index (χ0) is 21.8. The number of hydrogen-bond acceptors (Lipinski definition) is 5. The molecule has 31 heavy (non-hydrogen) atoms. The summed E-state index contributed by atoms with van der Waals surface area (Å²) in [7, 11) is 4.04. The van der Waals surface area contributed by atoms with E-state index in [4.69, 9.17) is 9.84 Å². The first kappa shape index (κ1) is 20.8. The van der Waals surface area contributed by atoms with E-state index in [1.54, 1.807) is 6.07 Å². The molecule has 160 valence electrons. The summed E-state index contributed by atoms with van der Waals surface area (Å²) < 4.78 is 21.1. The summed E-state index contributed by atoms with van der Waals surface area (Å²) in [4.78, 5) is 6.55. The summed E-state index contributed by atoms with van der Waals surface area (Å²) in [5.41, 5.74) is 3.50. The van der Waals surface area contributed by atoms with E-state index in [2.05, 4.69) is 15.2 Å². The van der Waals surface area contributed by atoms with E-state index in [-0.39, 0.29) is 11.9 Å². The molecule has 1 N–H and O–H groups in total. The molecule has 2 heterocycles. The number of halogens is 1. The molecule has 4 rings (SSSR count). The van der Waals surface area contributed by atoms with E-state index >= 15 is 0 Å². The summed E-state index contributed by atoms with van der Waals surface area (Å²) in [5.74, 6) is 1.27. The van der Waals surface area contributed by atoms with Crippen molar-refractivity contribution in [1.82, 2.24) is 19.5 Å². The Hall–Kier alpha value is -3.45. The van der Waals surface area contributed by atoms with Crippen LogP contribution in [0.25, 0.3) is 16.9 Å². The molecule has 1 atom stereocenters. The minimum atomic E-state index is -0.249. The molecule has 0 spiro atoms. The zero-order valence-corrected chi connectivity index (χ0v) is 17.9. The van der Waals surface area contributed by atoms with Crippen LogP contribution in [0, 0.1) is 5.82 Å². The van der Waals surface area contributed by atoms with Gasteiger partial charge in [-0.3, -0.25) is 0 Å². The summed E-state index contributed by atoms with van der Waals surface area (Å²) in [6.45, 7) is 3.48. The fourth-order valence-electron chi connectivity index (χ4n) is 3.30. The van der Waals surface area contributed by atoms with Gasteiger partial charge in [-0.1, -0.05) is 12.1 Å². The number of benzene rings is 2. The Morgan fingerprint density at radius 3 is 2.65 bits per heavy atom. The third-order valence-electron chi connectivity index (χ3n) is 5.03. The van der Waals surface area contributed by atoms with Crippen LogP contribution in [0.1, 0.15) is 18.5 Å². The van der Waals surface area contributed by atoms with Gasteiger partial charge in [0.15, 0.2) is 5.65 Å². The normalized spacial score (nSPS) is 12.3. The van der Waals surface area contributed by atoms with E-state index in [1.807, 2.05) is 74.2 Å². The number of likely N-dealkylation sites (N-methyl/N-ethyl adjacent to an activating group) is 1. The van der Waals surface area contributed by atoms with Gasteiger partial charge in [-0.25, -0.2) is 13.9 Å². The fraction of sp³-hybridized carbons (Fsp3) is 0.250. The first-order valence-corrected chi connectivity index (χ1v) is 10.2. The van der Waals surface area contributed by atoms with Crippen molar-refractivity contribution >= 4 is 11.5 Å². The number of ether oxygens (including phenoxy) is 1. The van der Waals surface area contributed by atoms with Crippen LogP contribution in [0.15, 0.2) is 66.9 Å². The van der Waals surface area contributed by atoms with Crippen LogP contribution in [-0.4, -0.2) is 46.7 Å². The third-order valence-corrected chi connectivity index (χ3v) is 5.03. The standard InChI is InChI=1S/C24H26FN5O/c1-17(19-5-4-6-20(25)15-19)27-23-11-12-24-26-16-22(30(24)28-23)18-7-9-21(10-8-18)31-14-13-29(2)3/h4-12,15-17H,13-14H2,1-3H3,(H,27,28)/t17-/m1/s1. The molecule has 2 aromatic heterocycles. The highest BCUT2D eigenvalue weighted by molar-refractivity contribution is 5.64. The Labute approximate surface area is 181 Å². The van der Waals surface area contributed by atoms with E-state index in [0.717, 1.165) is 34.8 Å². The van der Waals surface area contributed by atoms with Crippen LogP contribution in [0.4, 0.5) is 10.2 Å². The van der Waals surface area contributed by atoms with Gasteiger partial charge in [-0.15, -0.1) is 5.10 Å². The summed E-state index contributed by atoms with van der Waals surface area (Å²) in [5, 5.41) is 8.04. The summed E-state index contributed by atoms with van der Waals surface area (Å²) >= 11 is 0. The highest BCUT2D eigenvalue weighted by Crippen LogP contribution is 2.25. The van der Waals surface area contributed by atoms with E-state index in [0.29, 0.717) is 12.4 Å². The topological polar surface area (TPSA) is 54.7 Å². The Balaban J connectivity index is 1.53. The molecule has 4 aromatic rings. The lowest BCUT2D eigenvalue weighted by Gasteiger charge is -2.15. The van der Waals surface area contributed by atoms with E-state index in [1.165, 1.54) is 12.1 Å². The lowest BCUT2D eigenvalue weighted by atomic mass is 10.1. The molecule has 2 aromatic carbocycles. The third kappa shape index (κ3) is 5.00. The lowest BCUT2D eigenvalue weighted by molar-refractivity contribution is 0.261. The molecule has 0 unspecified atom stereocenters. The van der Waals surface area contributed by atoms with Crippen molar-refractivity contribution in [1.29, 1.82) is 0 Å². The van der Waals surface area contributed by atoms with Crippen molar-refractivity contribution in [3.63, 3.8) is 0 Å². The maximum Gasteiger partial charge on any atom is 0.154 e. The smallest absolute Gasteiger partial charge is 0.154 e.